The van der Waals surface area contributed by atoms with Crippen molar-refractivity contribution in [1.82, 2.24) is 9.55 Å². The molecule has 0 saturated heterocycles. The van der Waals surface area contributed by atoms with E-state index in [1.807, 2.05) is 6.92 Å². The first kappa shape index (κ1) is 14.3. The Hall–Kier alpha value is -1.80. The van der Waals surface area contributed by atoms with Crippen LogP contribution in [0.3, 0.4) is 0 Å². The molecule has 0 amide bonds. The number of hydrogen-bond donors (Lipinski definition) is 2. The van der Waals surface area contributed by atoms with Crippen molar-refractivity contribution in [2.45, 2.75) is 39.2 Å². The van der Waals surface area contributed by atoms with Gasteiger partial charge in [-0.2, -0.15) is 0 Å². The van der Waals surface area contributed by atoms with Crippen molar-refractivity contribution in [1.29, 1.82) is 0 Å². The molecule has 1 aromatic rings. The Bertz CT molecular complexity index is 560. The Morgan fingerprint density at radius 1 is 1.50 bits per heavy atom. The highest BCUT2D eigenvalue weighted by Gasteiger charge is 2.08. The van der Waals surface area contributed by atoms with Crippen LogP contribution in [0, 0.1) is 11.8 Å². The van der Waals surface area contributed by atoms with Crippen LogP contribution in [-0.4, -0.2) is 16.1 Å². The second-order valence-corrected chi connectivity index (χ2v) is 4.21. The quantitative estimate of drug-likeness (QED) is 0.767. The van der Waals surface area contributed by atoms with Crippen LogP contribution in [0.5, 0.6) is 0 Å². The van der Waals surface area contributed by atoms with E-state index < -0.39 is 5.56 Å². The Morgan fingerprint density at radius 2 is 2.22 bits per heavy atom. The summed E-state index contributed by atoms with van der Waals surface area (Å²) >= 11 is 0. The molecule has 0 fully saturated rings. The van der Waals surface area contributed by atoms with Gasteiger partial charge in [-0.1, -0.05) is 31.6 Å². The summed E-state index contributed by atoms with van der Waals surface area (Å²) in [4.78, 5) is 25.5. The summed E-state index contributed by atoms with van der Waals surface area (Å²) in [7, 11) is 0. The van der Waals surface area contributed by atoms with E-state index in [4.69, 9.17) is 5.73 Å². The molecule has 0 radical (unpaired) electrons. The van der Waals surface area contributed by atoms with Crippen molar-refractivity contribution in [2.75, 3.05) is 6.54 Å². The fourth-order valence-corrected chi connectivity index (χ4v) is 1.69. The van der Waals surface area contributed by atoms with Gasteiger partial charge in [0, 0.05) is 12.2 Å². The highest BCUT2D eigenvalue weighted by Crippen LogP contribution is 2.11. The maximum Gasteiger partial charge on any atom is 0.328 e. The van der Waals surface area contributed by atoms with Gasteiger partial charge in [0.15, 0.2) is 0 Å². The zero-order valence-electron chi connectivity index (χ0n) is 10.8. The molecule has 0 bridgehead atoms. The molecule has 0 aliphatic heterocycles. The average molecular weight is 249 g/mol. The number of nitrogens with zero attached hydrogens (tertiary/aromatic N) is 1. The molecule has 1 atom stereocenters. The van der Waals surface area contributed by atoms with Crippen LogP contribution >= 0.6 is 0 Å². The number of unbranched alkanes of at least 4 members (excludes halogenated alkanes) is 1. The van der Waals surface area contributed by atoms with Crippen LogP contribution in [0.1, 0.15) is 44.7 Å². The third kappa shape index (κ3) is 3.60. The average Bonchev–Trinajstić information content (AvgIpc) is 2.35. The SMILES string of the molecule is CCCCC(C)n1cc(C#CCN)c(=O)[nH]c1=O. The summed E-state index contributed by atoms with van der Waals surface area (Å²) in [5.41, 5.74) is 4.70. The van der Waals surface area contributed by atoms with Crippen LogP contribution in [-0.2, 0) is 0 Å². The van der Waals surface area contributed by atoms with Crippen LogP contribution in [0.15, 0.2) is 15.8 Å². The van der Waals surface area contributed by atoms with Gasteiger partial charge in [0.1, 0.15) is 5.56 Å². The standard InChI is InChI=1S/C13H19N3O2/c1-3-4-6-10(2)16-9-11(7-5-8-14)12(17)15-13(16)18/h9-10H,3-4,6,8,14H2,1-2H3,(H,15,17,18). The number of nitrogens with two attached hydrogens (primary N) is 1. The number of hydrogen-bond acceptors (Lipinski definition) is 3. The van der Waals surface area contributed by atoms with E-state index in [0.29, 0.717) is 0 Å². The van der Waals surface area contributed by atoms with Gasteiger partial charge in [-0.05, 0) is 13.3 Å². The van der Waals surface area contributed by atoms with Gasteiger partial charge in [-0.25, -0.2) is 4.79 Å². The van der Waals surface area contributed by atoms with Crippen molar-refractivity contribution in [2.24, 2.45) is 5.73 Å². The second-order valence-electron chi connectivity index (χ2n) is 4.21. The molecule has 0 aliphatic carbocycles. The Morgan fingerprint density at radius 3 is 2.83 bits per heavy atom. The molecule has 1 rings (SSSR count). The van der Waals surface area contributed by atoms with Crippen LogP contribution < -0.4 is 17.0 Å². The Balaban J connectivity index is 3.12. The first-order valence-electron chi connectivity index (χ1n) is 6.14. The molecule has 5 heteroatoms. The van der Waals surface area contributed by atoms with Gasteiger partial charge in [0.05, 0.1) is 6.54 Å². The van der Waals surface area contributed by atoms with E-state index in [0.717, 1.165) is 19.3 Å². The number of aromatic nitrogens is 2. The highest BCUT2D eigenvalue weighted by molar-refractivity contribution is 5.29. The Kier molecular flexibility index (Phi) is 5.40. The third-order valence-electron chi connectivity index (χ3n) is 2.74. The van der Waals surface area contributed by atoms with E-state index in [1.54, 1.807) is 0 Å². The van der Waals surface area contributed by atoms with Gasteiger partial charge in [0.2, 0.25) is 0 Å². The molecule has 0 aliphatic rings. The van der Waals surface area contributed by atoms with Crippen LogP contribution in [0.4, 0.5) is 0 Å². The van der Waals surface area contributed by atoms with E-state index >= 15 is 0 Å². The van der Waals surface area contributed by atoms with Crippen LogP contribution in [0.25, 0.3) is 0 Å². The molecule has 0 spiro atoms. The lowest BCUT2D eigenvalue weighted by Crippen LogP contribution is -2.32. The van der Waals surface area contributed by atoms with Crippen molar-refractivity contribution in [3.63, 3.8) is 0 Å². The topological polar surface area (TPSA) is 80.9 Å². The van der Waals surface area contributed by atoms with Gasteiger partial charge in [-0.15, -0.1) is 0 Å². The van der Waals surface area contributed by atoms with E-state index in [-0.39, 0.29) is 23.8 Å². The predicted molar refractivity (Wildman–Crippen MR) is 71.5 cm³/mol. The maximum atomic E-state index is 11.7. The van der Waals surface area contributed by atoms with E-state index in [9.17, 15) is 9.59 Å². The second kappa shape index (κ2) is 6.82. The zero-order valence-corrected chi connectivity index (χ0v) is 10.8. The molecule has 1 heterocycles. The first-order chi connectivity index (χ1) is 8.60. The fourth-order valence-electron chi connectivity index (χ4n) is 1.69. The zero-order chi connectivity index (χ0) is 13.5. The monoisotopic (exact) mass is 249 g/mol. The predicted octanol–water partition coefficient (Wildman–Crippen LogP) is 0.598. The fraction of sp³-hybridized carbons (Fsp3) is 0.538. The largest absolute Gasteiger partial charge is 0.328 e. The summed E-state index contributed by atoms with van der Waals surface area (Å²) in [6.45, 7) is 4.24. The summed E-state index contributed by atoms with van der Waals surface area (Å²) in [6.07, 6.45) is 4.52. The summed E-state index contributed by atoms with van der Waals surface area (Å²) in [5.74, 6) is 5.29. The van der Waals surface area contributed by atoms with E-state index in [1.165, 1.54) is 10.8 Å². The molecule has 1 aromatic heterocycles. The van der Waals surface area contributed by atoms with Crippen molar-refractivity contribution in [3.05, 3.63) is 32.6 Å². The summed E-state index contributed by atoms with van der Waals surface area (Å²) < 4.78 is 1.53. The molecular weight excluding hydrogens is 230 g/mol. The molecule has 0 aromatic carbocycles. The number of H-pyrrole nitrogens is 1. The number of rotatable bonds is 4. The minimum Gasteiger partial charge on any atom is -0.320 e. The van der Waals surface area contributed by atoms with Gasteiger partial charge in [-0.3, -0.25) is 14.3 Å². The number of nitrogens with one attached hydrogen (secondary N) is 1. The molecule has 3 N–H and O–H groups in total. The van der Waals surface area contributed by atoms with E-state index in [2.05, 4.69) is 23.7 Å². The molecule has 1 unspecified atom stereocenters. The lowest BCUT2D eigenvalue weighted by Gasteiger charge is -2.14. The Labute approximate surface area is 106 Å². The lowest BCUT2D eigenvalue weighted by atomic mass is 10.1. The lowest BCUT2D eigenvalue weighted by molar-refractivity contribution is 0.463. The minimum absolute atomic E-state index is 0.0488. The maximum absolute atomic E-state index is 11.7. The van der Waals surface area contributed by atoms with Gasteiger partial charge >= 0.3 is 5.69 Å². The summed E-state index contributed by atoms with van der Waals surface area (Å²) in [5, 5.41) is 0. The molecule has 18 heavy (non-hydrogen) atoms. The summed E-state index contributed by atoms with van der Waals surface area (Å²) in [6, 6.07) is 0.0488. The van der Waals surface area contributed by atoms with Gasteiger partial charge < -0.3 is 5.73 Å². The van der Waals surface area contributed by atoms with Crippen molar-refractivity contribution >= 4 is 0 Å². The van der Waals surface area contributed by atoms with Crippen LogP contribution in [0.2, 0.25) is 0 Å². The molecule has 98 valence electrons. The van der Waals surface area contributed by atoms with Crippen molar-refractivity contribution in [3.8, 4) is 11.8 Å². The molecule has 0 saturated carbocycles. The molecule has 5 nitrogen and oxygen atoms in total. The minimum atomic E-state index is -0.458. The smallest absolute Gasteiger partial charge is 0.320 e. The third-order valence-corrected chi connectivity index (χ3v) is 2.74. The first-order valence-corrected chi connectivity index (χ1v) is 6.14. The molecular formula is C13H19N3O2. The highest BCUT2D eigenvalue weighted by atomic mass is 16.2. The van der Waals surface area contributed by atoms with Gasteiger partial charge in [0.25, 0.3) is 5.56 Å². The normalized spacial score (nSPS) is 11.7. The van der Waals surface area contributed by atoms with Crippen molar-refractivity contribution < 1.29 is 0 Å². The number of aromatic amines is 1.